The fraction of sp³-hybridized carbons (Fsp3) is 0.538. The summed E-state index contributed by atoms with van der Waals surface area (Å²) < 4.78 is 31.8. The van der Waals surface area contributed by atoms with E-state index < -0.39 is 11.6 Å². The zero-order valence-electron chi connectivity index (χ0n) is 9.68. The number of hydrogen-bond acceptors (Lipinski definition) is 1. The predicted octanol–water partition coefficient (Wildman–Crippen LogP) is 4.58. The maximum absolute atomic E-state index is 13.1. The molecular weight excluding hydrogens is 246 g/mol. The molecular formula is C13H15ClF2O. The van der Waals surface area contributed by atoms with Crippen LogP contribution in [0.25, 0.3) is 0 Å². The molecule has 0 heterocycles. The third-order valence-electron chi connectivity index (χ3n) is 3.15. The molecule has 94 valence electrons. The van der Waals surface area contributed by atoms with Gasteiger partial charge in [0.15, 0.2) is 11.6 Å². The SMILES string of the molecule is CC1CCCC(Oc2cc(F)c(F)c(Cl)c2)C1. The summed E-state index contributed by atoms with van der Waals surface area (Å²) in [7, 11) is 0. The molecule has 1 aromatic carbocycles. The van der Waals surface area contributed by atoms with Gasteiger partial charge in [0.05, 0.1) is 11.1 Å². The molecule has 0 aliphatic heterocycles. The Labute approximate surface area is 105 Å². The van der Waals surface area contributed by atoms with E-state index in [0.29, 0.717) is 11.7 Å². The zero-order chi connectivity index (χ0) is 12.4. The van der Waals surface area contributed by atoms with E-state index in [1.165, 1.54) is 12.5 Å². The fourth-order valence-corrected chi connectivity index (χ4v) is 2.48. The van der Waals surface area contributed by atoms with Crippen LogP contribution in [0.5, 0.6) is 5.75 Å². The van der Waals surface area contributed by atoms with Crippen LogP contribution in [-0.2, 0) is 0 Å². The minimum atomic E-state index is -1.02. The highest BCUT2D eigenvalue weighted by Gasteiger charge is 2.21. The van der Waals surface area contributed by atoms with Gasteiger partial charge in [-0.05, 0) is 25.2 Å². The van der Waals surface area contributed by atoms with E-state index in [-0.39, 0.29) is 11.1 Å². The van der Waals surface area contributed by atoms with Crippen LogP contribution in [0, 0.1) is 17.6 Å². The van der Waals surface area contributed by atoms with Crippen LogP contribution in [-0.4, -0.2) is 6.10 Å². The predicted molar refractivity (Wildman–Crippen MR) is 63.4 cm³/mol. The minimum absolute atomic E-state index is 0.0830. The Morgan fingerprint density at radius 3 is 2.71 bits per heavy atom. The summed E-state index contributed by atoms with van der Waals surface area (Å²) >= 11 is 5.57. The molecule has 2 rings (SSSR count). The maximum atomic E-state index is 13.1. The highest BCUT2D eigenvalue weighted by atomic mass is 35.5. The Bertz CT molecular complexity index is 385. The van der Waals surface area contributed by atoms with Crippen LogP contribution in [0.15, 0.2) is 12.1 Å². The van der Waals surface area contributed by atoms with Crippen molar-refractivity contribution in [1.29, 1.82) is 0 Å². The second kappa shape index (κ2) is 5.21. The second-order valence-electron chi connectivity index (χ2n) is 4.71. The quantitative estimate of drug-likeness (QED) is 0.708. The summed E-state index contributed by atoms with van der Waals surface area (Å²) in [4.78, 5) is 0. The standard InChI is InChI=1S/C13H15ClF2O/c1-8-3-2-4-9(5-8)17-10-6-11(14)13(16)12(15)7-10/h6-9H,2-5H2,1H3. The third-order valence-corrected chi connectivity index (χ3v) is 3.42. The van der Waals surface area contributed by atoms with Gasteiger partial charge >= 0.3 is 0 Å². The molecule has 0 radical (unpaired) electrons. The van der Waals surface area contributed by atoms with Crippen LogP contribution >= 0.6 is 11.6 Å². The van der Waals surface area contributed by atoms with Crippen molar-refractivity contribution in [3.63, 3.8) is 0 Å². The molecule has 4 heteroatoms. The van der Waals surface area contributed by atoms with E-state index in [4.69, 9.17) is 16.3 Å². The van der Waals surface area contributed by atoms with Crippen LogP contribution < -0.4 is 4.74 Å². The van der Waals surface area contributed by atoms with Crippen molar-refractivity contribution >= 4 is 11.6 Å². The van der Waals surface area contributed by atoms with Crippen molar-refractivity contribution in [2.24, 2.45) is 5.92 Å². The lowest BCUT2D eigenvalue weighted by Gasteiger charge is -2.27. The fourth-order valence-electron chi connectivity index (χ4n) is 2.28. The van der Waals surface area contributed by atoms with Gasteiger partial charge in [0.1, 0.15) is 5.75 Å². The van der Waals surface area contributed by atoms with Gasteiger partial charge in [-0.15, -0.1) is 0 Å². The molecule has 2 atom stereocenters. The van der Waals surface area contributed by atoms with E-state index in [0.717, 1.165) is 25.3 Å². The molecule has 17 heavy (non-hydrogen) atoms. The second-order valence-corrected chi connectivity index (χ2v) is 5.12. The first-order valence-corrected chi connectivity index (χ1v) is 6.25. The lowest BCUT2D eigenvalue weighted by molar-refractivity contribution is 0.128. The van der Waals surface area contributed by atoms with Gasteiger partial charge in [0.25, 0.3) is 0 Å². The van der Waals surface area contributed by atoms with Gasteiger partial charge < -0.3 is 4.74 Å². The zero-order valence-corrected chi connectivity index (χ0v) is 10.4. The molecule has 1 aliphatic rings. The van der Waals surface area contributed by atoms with Gasteiger partial charge in [-0.1, -0.05) is 24.9 Å². The van der Waals surface area contributed by atoms with E-state index in [1.807, 2.05) is 0 Å². The Kier molecular flexibility index (Phi) is 3.87. The number of ether oxygens (including phenoxy) is 1. The molecule has 0 bridgehead atoms. The topological polar surface area (TPSA) is 9.23 Å². The third kappa shape index (κ3) is 3.09. The summed E-state index contributed by atoms with van der Waals surface area (Å²) in [5.41, 5.74) is 0. The van der Waals surface area contributed by atoms with Crippen molar-refractivity contribution in [1.82, 2.24) is 0 Å². The van der Waals surface area contributed by atoms with Gasteiger partial charge in [-0.2, -0.15) is 0 Å². The highest BCUT2D eigenvalue weighted by Crippen LogP contribution is 2.30. The molecule has 0 saturated heterocycles. The molecule has 0 amide bonds. The Balaban J connectivity index is 2.08. The Hall–Kier alpha value is -0.830. The van der Waals surface area contributed by atoms with E-state index in [2.05, 4.69) is 6.92 Å². The van der Waals surface area contributed by atoms with Crippen molar-refractivity contribution in [3.8, 4) is 5.75 Å². The first-order valence-electron chi connectivity index (χ1n) is 5.87. The largest absolute Gasteiger partial charge is 0.490 e. The van der Waals surface area contributed by atoms with Crippen LogP contribution in [0.2, 0.25) is 5.02 Å². The monoisotopic (exact) mass is 260 g/mol. The smallest absolute Gasteiger partial charge is 0.177 e. The lowest BCUT2D eigenvalue weighted by atomic mass is 9.89. The van der Waals surface area contributed by atoms with Crippen molar-refractivity contribution < 1.29 is 13.5 Å². The molecule has 1 saturated carbocycles. The van der Waals surface area contributed by atoms with Crippen molar-refractivity contribution in [2.45, 2.75) is 38.7 Å². The van der Waals surface area contributed by atoms with Crippen LogP contribution in [0.4, 0.5) is 8.78 Å². The molecule has 2 unspecified atom stereocenters. The van der Waals surface area contributed by atoms with Crippen LogP contribution in [0.1, 0.15) is 32.6 Å². The van der Waals surface area contributed by atoms with E-state index in [1.54, 1.807) is 0 Å². The van der Waals surface area contributed by atoms with Gasteiger partial charge in [0, 0.05) is 12.1 Å². The lowest BCUT2D eigenvalue weighted by Crippen LogP contribution is -2.24. The van der Waals surface area contributed by atoms with Gasteiger partial charge in [0.2, 0.25) is 0 Å². The summed E-state index contributed by atoms with van der Waals surface area (Å²) in [5.74, 6) is -1.05. The summed E-state index contributed by atoms with van der Waals surface area (Å²) in [6.07, 6.45) is 4.32. The van der Waals surface area contributed by atoms with E-state index >= 15 is 0 Å². The number of benzene rings is 1. The summed E-state index contributed by atoms with van der Waals surface area (Å²) in [6, 6.07) is 2.39. The highest BCUT2D eigenvalue weighted by molar-refractivity contribution is 6.30. The molecule has 0 aromatic heterocycles. The number of hydrogen-bond donors (Lipinski definition) is 0. The first kappa shape index (κ1) is 12.6. The van der Waals surface area contributed by atoms with Gasteiger partial charge in [-0.25, -0.2) is 8.78 Å². The molecule has 1 fully saturated rings. The summed E-state index contributed by atoms with van der Waals surface area (Å²) in [6.45, 7) is 2.17. The summed E-state index contributed by atoms with van der Waals surface area (Å²) in [5, 5.41) is -0.233. The first-order chi connectivity index (χ1) is 8.06. The maximum Gasteiger partial charge on any atom is 0.177 e. The minimum Gasteiger partial charge on any atom is -0.490 e. The Morgan fingerprint density at radius 1 is 1.29 bits per heavy atom. The normalized spacial score (nSPS) is 24.7. The van der Waals surface area contributed by atoms with Gasteiger partial charge in [-0.3, -0.25) is 0 Å². The van der Waals surface area contributed by atoms with Crippen molar-refractivity contribution in [2.75, 3.05) is 0 Å². The average molecular weight is 261 g/mol. The Morgan fingerprint density at radius 2 is 2.06 bits per heavy atom. The molecule has 1 aliphatic carbocycles. The average Bonchev–Trinajstić information content (AvgIpc) is 2.26. The molecule has 1 aromatic rings. The van der Waals surface area contributed by atoms with E-state index in [9.17, 15) is 8.78 Å². The number of rotatable bonds is 2. The number of halogens is 3. The van der Waals surface area contributed by atoms with Crippen LogP contribution in [0.3, 0.4) is 0 Å². The molecule has 1 nitrogen and oxygen atoms in total. The molecule has 0 spiro atoms. The molecule has 0 N–H and O–H groups in total. The van der Waals surface area contributed by atoms with Crippen molar-refractivity contribution in [3.05, 3.63) is 28.8 Å².